The summed E-state index contributed by atoms with van der Waals surface area (Å²) in [5.74, 6) is 0.132. The smallest absolute Gasteiger partial charge is 0.344 e. The van der Waals surface area contributed by atoms with E-state index in [0.717, 1.165) is 25.7 Å². The fourth-order valence-electron chi connectivity index (χ4n) is 5.55. The number of carbonyl (C=O) groups excluding carboxylic acids is 3. The van der Waals surface area contributed by atoms with E-state index in [9.17, 15) is 14.4 Å². The van der Waals surface area contributed by atoms with Crippen LogP contribution < -0.4 is 0 Å². The summed E-state index contributed by atoms with van der Waals surface area (Å²) in [5.41, 5.74) is -0.947. The van der Waals surface area contributed by atoms with Gasteiger partial charge in [0.2, 0.25) is 0 Å². The van der Waals surface area contributed by atoms with Crippen molar-refractivity contribution in [2.75, 3.05) is 13.2 Å². The van der Waals surface area contributed by atoms with Gasteiger partial charge in [-0.05, 0) is 64.2 Å². The number of carbonyl (C=O) groups is 3. The molecule has 0 N–H and O–H groups in total. The molecule has 0 amide bonds. The molecule has 3 rings (SSSR count). The number of fused-ring (bicyclic) bond motifs is 5. The number of hydrogen-bond acceptors (Lipinski definition) is 6. The summed E-state index contributed by atoms with van der Waals surface area (Å²) in [6.45, 7) is 9.33. The molecule has 1 saturated heterocycles. The van der Waals surface area contributed by atoms with Crippen LogP contribution >= 0.6 is 0 Å². The Morgan fingerprint density at radius 2 is 1.81 bits per heavy atom. The molecule has 5 atom stereocenters. The van der Waals surface area contributed by atoms with Gasteiger partial charge < -0.3 is 14.2 Å². The van der Waals surface area contributed by atoms with Crippen LogP contribution in [-0.4, -0.2) is 36.7 Å². The average molecular weight is 380 g/mol. The van der Waals surface area contributed by atoms with Crippen molar-refractivity contribution < 1.29 is 28.6 Å². The molecule has 3 aliphatic rings. The Kier molecular flexibility index (Phi) is 5.30. The number of hydrogen-bond donors (Lipinski definition) is 0. The van der Waals surface area contributed by atoms with Crippen LogP contribution in [-0.2, 0) is 28.6 Å². The zero-order valence-electron chi connectivity index (χ0n) is 17.1. The minimum atomic E-state index is -0.645. The molecule has 0 aromatic carbocycles. The zero-order valence-corrected chi connectivity index (χ0v) is 17.1. The van der Waals surface area contributed by atoms with Gasteiger partial charge >= 0.3 is 17.9 Å². The molecule has 5 unspecified atom stereocenters. The first-order valence-corrected chi connectivity index (χ1v) is 10.2. The molecular weight excluding hydrogens is 348 g/mol. The highest BCUT2D eigenvalue weighted by Gasteiger charge is 2.66. The standard InChI is InChI=1S/C21H32O6/c1-6-21(7-2)17-12-8-13(14(9-12)16(17)18(23)27-21)10-25-15(22)11-26-19(24)20(3,4)5/h12-14,16-17H,6-11H2,1-5H3. The fraction of sp³-hybridized carbons (Fsp3) is 0.857. The molecular formula is C21H32O6. The highest BCUT2D eigenvalue weighted by Crippen LogP contribution is 2.63. The molecule has 2 aliphatic carbocycles. The summed E-state index contributed by atoms with van der Waals surface area (Å²) >= 11 is 0. The predicted molar refractivity (Wildman–Crippen MR) is 97.5 cm³/mol. The van der Waals surface area contributed by atoms with Crippen LogP contribution in [0.2, 0.25) is 0 Å². The van der Waals surface area contributed by atoms with Crippen molar-refractivity contribution in [3.05, 3.63) is 0 Å². The van der Waals surface area contributed by atoms with E-state index in [-0.39, 0.29) is 42.5 Å². The van der Waals surface area contributed by atoms with Crippen LogP contribution in [0.1, 0.15) is 60.3 Å². The topological polar surface area (TPSA) is 78.9 Å². The largest absolute Gasteiger partial charge is 0.463 e. The summed E-state index contributed by atoms with van der Waals surface area (Å²) in [7, 11) is 0. The van der Waals surface area contributed by atoms with Crippen molar-refractivity contribution >= 4 is 17.9 Å². The molecule has 0 aromatic heterocycles. The molecule has 2 bridgehead atoms. The molecule has 0 spiro atoms. The lowest BCUT2D eigenvalue weighted by atomic mass is 9.67. The maximum atomic E-state index is 12.5. The van der Waals surface area contributed by atoms with E-state index in [4.69, 9.17) is 14.2 Å². The van der Waals surface area contributed by atoms with Gasteiger partial charge in [-0.25, -0.2) is 4.79 Å². The maximum absolute atomic E-state index is 12.5. The van der Waals surface area contributed by atoms with Gasteiger partial charge in [0.05, 0.1) is 17.9 Å². The van der Waals surface area contributed by atoms with Gasteiger partial charge in [0.1, 0.15) is 5.60 Å². The minimum absolute atomic E-state index is 0.0499. The number of rotatable bonds is 6. The van der Waals surface area contributed by atoms with Crippen LogP contribution in [0.3, 0.4) is 0 Å². The van der Waals surface area contributed by atoms with Gasteiger partial charge in [0.15, 0.2) is 6.61 Å². The summed E-state index contributed by atoms with van der Waals surface area (Å²) in [4.78, 5) is 36.2. The highest BCUT2D eigenvalue weighted by atomic mass is 16.6. The lowest BCUT2D eigenvalue weighted by Gasteiger charge is -2.37. The Morgan fingerprint density at radius 3 is 2.41 bits per heavy atom. The van der Waals surface area contributed by atoms with Crippen LogP contribution in [0.5, 0.6) is 0 Å². The van der Waals surface area contributed by atoms with Crippen molar-refractivity contribution in [1.82, 2.24) is 0 Å². The molecule has 2 saturated carbocycles. The first kappa shape index (κ1) is 20.2. The summed E-state index contributed by atoms with van der Waals surface area (Å²) in [5, 5.41) is 0. The quantitative estimate of drug-likeness (QED) is 0.520. The van der Waals surface area contributed by atoms with Crippen molar-refractivity contribution in [2.45, 2.75) is 65.9 Å². The second kappa shape index (κ2) is 7.10. The number of cyclic esters (lactones) is 1. The Labute approximate surface area is 161 Å². The molecule has 1 heterocycles. The van der Waals surface area contributed by atoms with Crippen molar-refractivity contribution in [2.24, 2.45) is 35.0 Å². The van der Waals surface area contributed by atoms with Crippen molar-refractivity contribution in [1.29, 1.82) is 0 Å². The predicted octanol–water partition coefficient (Wildman–Crippen LogP) is 3.12. The van der Waals surface area contributed by atoms with Crippen LogP contribution in [0, 0.1) is 35.0 Å². The van der Waals surface area contributed by atoms with Crippen molar-refractivity contribution in [3.63, 3.8) is 0 Å². The SMILES string of the molecule is CCC1(CC)OC(=O)C2C3CC(CC3COC(=O)COC(=O)C(C)(C)C)C21. The normalized spacial score (nSPS) is 33.5. The third kappa shape index (κ3) is 3.47. The fourth-order valence-corrected chi connectivity index (χ4v) is 5.55. The summed E-state index contributed by atoms with van der Waals surface area (Å²) in [6, 6.07) is 0. The molecule has 152 valence electrons. The Morgan fingerprint density at radius 1 is 1.15 bits per heavy atom. The van der Waals surface area contributed by atoms with E-state index >= 15 is 0 Å². The summed E-state index contributed by atoms with van der Waals surface area (Å²) < 4.78 is 16.2. The van der Waals surface area contributed by atoms with Gasteiger partial charge in [-0.2, -0.15) is 0 Å². The molecule has 6 nitrogen and oxygen atoms in total. The first-order valence-electron chi connectivity index (χ1n) is 10.2. The third-order valence-corrected chi connectivity index (χ3v) is 6.91. The molecule has 6 heteroatoms. The molecule has 0 radical (unpaired) electrons. The Hall–Kier alpha value is -1.59. The Bertz CT molecular complexity index is 615. The highest BCUT2D eigenvalue weighted by molar-refractivity contribution is 5.79. The minimum Gasteiger partial charge on any atom is -0.463 e. The van der Waals surface area contributed by atoms with E-state index in [0.29, 0.717) is 11.8 Å². The van der Waals surface area contributed by atoms with E-state index < -0.39 is 17.4 Å². The van der Waals surface area contributed by atoms with Gasteiger partial charge in [-0.1, -0.05) is 13.8 Å². The lowest BCUT2D eigenvalue weighted by molar-refractivity contribution is -0.165. The summed E-state index contributed by atoms with van der Waals surface area (Å²) in [6.07, 6.45) is 3.71. The molecule has 3 fully saturated rings. The molecule has 27 heavy (non-hydrogen) atoms. The van der Waals surface area contributed by atoms with E-state index in [1.165, 1.54) is 0 Å². The van der Waals surface area contributed by atoms with E-state index in [1.807, 2.05) is 0 Å². The van der Waals surface area contributed by atoms with E-state index in [2.05, 4.69) is 13.8 Å². The van der Waals surface area contributed by atoms with Gasteiger partial charge in [0, 0.05) is 5.92 Å². The van der Waals surface area contributed by atoms with Crippen LogP contribution in [0.25, 0.3) is 0 Å². The third-order valence-electron chi connectivity index (χ3n) is 6.91. The lowest BCUT2D eigenvalue weighted by Crippen LogP contribution is -2.41. The van der Waals surface area contributed by atoms with Gasteiger partial charge in [-0.15, -0.1) is 0 Å². The van der Waals surface area contributed by atoms with Crippen LogP contribution in [0.15, 0.2) is 0 Å². The molecule has 1 aliphatic heterocycles. The van der Waals surface area contributed by atoms with E-state index in [1.54, 1.807) is 20.8 Å². The monoisotopic (exact) mass is 380 g/mol. The Balaban J connectivity index is 1.53. The van der Waals surface area contributed by atoms with Crippen LogP contribution in [0.4, 0.5) is 0 Å². The second-order valence-electron chi connectivity index (χ2n) is 9.41. The zero-order chi connectivity index (χ0) is 20.0. The van der Waals surface area contributed by atoms with Gasteiger partial charge in [0.25, 0.3) is 0 Å². The average Bonchev–Trinajstić information content (AvgIpc) is 3.27. The maximum Gasteiger partial charge on any atom is 0.344 e. The van der Waals surface area contributed by atoms with Gasteiger partial charge in [-0.3, -0.25) is 9.59 Å². The second-order valence-corrected chi connectivity index (χ2v) is 9.41. The number of ether oxygens (including phenoxy) is 3. The first-order chi connectivity index (χ1) is 12.6. The molecule has 0 aromatic rings. The number of esters is 3. The van der Waals surface area contributed by atoms with Crippen molar-refractivity contribution in [3.8, 4) is 0 Å².